The second-order valence-electron chi connectivity index (χ2n) is 4.91. The molecule has 0 atom stereocenters. The van der Waals surface area contributed by atoms with Gasteiger partial charge in [-0.05, 0) is 19.1 Å². The summed E-state index contributed by atoms with van der Waals surface area (Å²) in [6.07, 6.45) is 0. The first-order chi connectivity index (χ1) is 11.8. The monoisotopic (exact) mass is 344 g/mol. The van der Waals surface area contributed by atoms with E-state index < -0.39 is 27.1 Å². The van der Waals surface area contributed by atoms with E-state index in [4.69, 9.17) is 0 Å². The molecule has 1 amide bonds. The van der Waals surface area contributed by atoms with Crippen LogP contribution in [-0.4, -0.2) is 26.6 Å². The number of hydrogen-bond acceptors (Lipinski definition) is 7. The van der Waals surface area contributed by atoms with Crippen molar-refractivity contribution in [3.05, 3.63) is 73.8 Å². The molecule has 2 N–H and O–H groups in total. The van der Waals surface area contributed by atoms with E-state index in [9.17, 15) is 30.1 Å². The molecule has 10 nitrogen and oxygen atoms in total. The third-order valence-electron chi connectivity index (χ3n) is 3.21. The number of amides is 1. The van der Waals surface area contributed by atoms with Gasteiger partial charge in [-0.2, -0.15) is 5.10 Å². The third kappa shape index (κ3) is 4.13. The quantitative estimate of drug-likeness (QED) is 0.483. The van der Waals surface area contributed by atoms with Crippen molar-refractivity contribution in [3.8, 4) is 5.75 Å². The highest BCUT2D eigenvalue weighted by molar-refractivity contribution is 6.02. The van der Waals surface area contributed by atoms with Gasteiger partial charge in [0.1, 0.15) is 5.75 Å². The number of non-ortho nitro benzene ring substituents is 2. The number of aromatic hydroxyl groups is 1. The summed E-state index contributed by atoms with van der Waals surface area (Å²) in [4.78, 5) is 32.1. The molecule has 0 aliphatic carbocycles. The summed E-state index contributed by atoms with van der Waals surface area (Å²) in [5.74, 6) is -0.898. The number of rotatable bonds is 5. The zero-order valence-corrected chi connectivity index (χ0v) is 12.9. The Labute approximate surface area is 140 Å². The summed E-state index contributed by atoms with van der Waals surface area (Å²) in [6, 6.07) is 8.89. The molecule has 128 valence electrons. The second-order valence-corrected chi connectivity index (χ2v) is 4.91. The van der Waals surface area contributed by atoms with E-state index in [0.717, 1.165) is 18.2 Å². The van der Waals surface area contributed by atoms with Crippen LogP contribution in [0, 0.1) is 20.2 Å². The van der Waals surface area contributed by atoms with Gasteiger partial charge in [-0.1, -0.05) is 12.1 Å². The van der Waals surface area contributed by atoms with Crippen LogP contribution < -0.4 is 5.43 Å². The van der Waals surface area contributed by atoms with Crippen LogP contribution in [0.15, 0.2) is 47.6 Å². The van der Waals surface area contributed by atoms with Gasteiger partial charge in [-0.15, -0.1) is 0 Å². The summed E-state index contributed by atoms with van der Waals surface area (Å²) in [7, 11) is 0. The van der Waals surface area contributed by atoms with E-state index in [1.807, 2.05) is 0 Å². The standard InChI is InChI=1S/C15H12N4O6/c1-9(13-4-2-3-5-14(13)20)16-17-15(21)10-6-11(18(22)23)8-12(7-10)19(24)25/h2-8,20H,1H3,(H,17,21)/b16-9-. The molecule has 0 saturated heterocycles. The first-order valence-electron chi connectivity index (χ1n) is 6.86. The van der Waals surface area contributed by atoms with E-state index in [0.29, 0.717) is 5.56 Å². The summed E-state index contributed by atoms with van der Waals surface area (Å²) in [5, 5.41) is 35.2. The van der Waals surface area contributed by atoms with Gasteiger partial charge in [0.15, 0.2) is 0 Å². The van der Waals surface area contributed by atoms with Crippen molar-refractivity contribution in [2.75, 3.05) is 0 Å². The zero-order chi connectivity index (χ0) is 18.6. The highest BCUT2D eigenvalue weighted by atomic mass is 16.6. The van der Waals surface area contributed by atoms with Crippen molar-refractivity contribution in [2.45, 2.75) is 6.92 Å². The molecule has 2 rings (SSSR count). The van der Waals surface area contributed by atoms with Crippen LogP contribution in [0.5, 0.6) is 5.75 Å². The van der Waals surface area contributed by atoms with Crippen molar-refractivity contribution in [1.29, 1.82) is 0 Å². The van der Waals surface area contributed by atoms with Gasteiger partial charge < -0.3 is 5.11 Å². The predicted octanol–water partition coefficient (Wildman–Crippen LogP) is 2.36. The van der Waals surface area contributed by atoms with Gasteiger partial charge in [0, 0.05) is 17.7 Å². The van der Waals surface area contributed by atoms with E-state index in [1.165, 1.54) is 13.0 Å². The Morgan fingerprint density at radius 3 is 2.16 bits per heavy atom. The van der Waals surface area contributed by atoms with Gasteiger partial charge in [0.25, 0.3) is 17.3 Å². The average Bonchev–Trinajstić information content (AvgIpc) is 2.59. The maximum Gasteiger partial charge on any atom is 0.277 e. The normalized spacial score (nSPS) is 11.0. The SMILES string of the molecule is C/C(=N/NC(=O)c1cc([N+](=O)[O-])cc([N+](=O)[O-])c1)c1ccccc1O. The molecule has 0 fully saturated rings. The fourth-order valence-corrected chi connectivity index (χ4v) is 1.98. The van der Waals surface area contributed by atoms with Crippen molar-refractivity contribution in [3.63, 3.8) is 0 Å². The molecular weight excluding hydrogens is 332 g/mol. The van der Waals surface area contributed by atoms with Crippen molar-refractivity contribution < 1.29 is 19.7 Å². The molecule has 0 unspecified atom stereocenters. The molecule has 0 bridgehead atoms. The number of benzene rings is 2. The Hall–Kier alpha value is -3.82. The fourth-order valence-electron chi connectivity index (χ4n) is 1.98. The van der Waals surface area contributed by atoms with E-state index in [-0.39, 0.29) is 17.0 Å². The Kier molecular flexibility index (Phi) is 5.03. The number of hydrazone groups is 1. The minimum atomic E-state index is -0.860. The molecule has 0 spiro atoms. The minimum Gasteiger partial charge on any atom is -0.507 e. The zero-order valence-electron chi connectivity index (χ0n) is 12.9. The predicted molar refractivity (Wildman–Crippen MR) is 87.5 cm³/mol. The number of phenols is 1. The van der Waals surface area contributed by atoms with Crippen LogP contribution in [0.1, 0.15) is 22.8 Å². The maximum absolute atomic E-state index is 12.1. The van der Waals surface area contributed by atoms with Gasteiger partial charge in [0.2, 0.25) is 0 Å². The fraction of sp³-hybridized carbons (Fsp3) is 0.0667. The molecule has 25 heavy (non-hydrogen) atoms. The molecular formula is C15H12N4O6. The highest BCUT2D eigenvalue weighted by Gasteiger charge is 2.19. The van der Waals surface area contributed by atoms with E-state index >= 15 is 0 Å². The summed E-state index contributed by atoms with van der Waals surface area (Å²) < 4.78 is 0. The Morgan fingerprint density at radius 1 is 1.08 bits per heavy atom. The molecule has 0 aromatic heterocycles. The second kappa shape index (κ2) is 7.17. The molecule has 10 heteroatoms. The van der Waals surface area contributed by atoms with Crippen LogP contribution in [-0.2, 0) is 0 Å². The van der Waals surface area contributed by atoms with Crippen LogP contribution >= 0.6 is 0 Å². The van der Waals surface area contributed by atoms with Crippen LogP contribution in [0.4, 0.5) is 11.4 Å². The molecule has 0 aliphatic rings. The van der Waals surface area contributed by atoms with Crippen LogP contribution in [0.25, 0.3) is 0 Å². The maximum atomic E-state index is 12.1. The average molecular weight is 344 g/mol. The number of carbonyl (C=O) groups is 1. The lowest BCUT2D eigenvalue weighted by Gasteiger charge is -2.05. The van der Waals surface area contributed by atoms with E-state index in [1.54, 1.807) is 18.2 Å². The van der Waals surface area contributed by atoms with Crippen LogP contribution in [0.3, 0.4) is 0 Å². The van der Waals surface area contributed by atoms with Crippen LogP contribution in [0.2, 0.25) is 0 Å². The number of nitro groups is 2. The molecule has 2 aromatic carbocycles. The van der Waals surface area contributed by atoms with Crippen molar-refractivity contribution >= 4 is 23.0 Å². The minimum absolute atomic E-state index is 0.0380. The summed E-state index contributed by atoms with van der Waals surface area (Å²) in [5.41, 5.74) is 1.37. The van der Waals surface area contributed by atoms with Crippen molar-refractivity contribution in [2.24, 2.45) is 5.10 Å². The number of nitrogens with one attached hydrogen (secondary N) is 1. The lowest BCUT2D eigenvalue weighted by molar-refractivity contribution is -0.394. The van der Waals surface area contributed by atoms with E-state index in [2.05, 4.69) is 10.5 Å². The first-order valence-corrected chi connectivity index (χ1v) is 6.86. The van der Waals surface area contributed by atoms with Gasteiger partial charge in [-0.3, -0.25) is 25.0 Å². The lowest BCUT2D eigenvalue weighted by atomic mass is 10.1. The molecule has 0 aliphatic heterocycles. The van der Waals surface area contributed by atoms with Gasteiger partial charge in [0.05, 0.1) is 27.2 Å². The van der Waals surface area contributed by atoms with Gasteiger partial charge in [-0.25, -0.2) is 5.43 Å². The molecule has 0 heterocycles. The smallest absolute Gasteiger partial charge is 0.277 e. The summed E-state index contributed by atoms with van der Waals surface area (Å²) in [6.45, 7) is 1.53. The Balaban J connectivity index is 2.29. The Morgan fingerprint density at radius 2 is 1.64 bits per heavy atom. The topological polar surface area (TPSA) is 148 Å². The first kappa shape index (κ1) is 17.5. The number of hydrogen-bond donors (Lipinski definition) is 2. The third-order valence-corrected chi connectivity index (χ3v) is 3.21. The number of phenolic OH excluding ortho intramolecular Hbond substituents is 1. The molecule has 0 radical (unpaired) electrons. The number of nitrogens with zero attached hydrogens (tertiary/aromatic N) is 3. The largest absolute Gasteiger partial charge is 0.507 e. The number of nitro benzene ring substituents is 2. The van der Waals surface area contributed by atoms with Crippen molar-refractivity contribution in [1.82, 2.24) is 5.43 Å². The lowest BCUT2D eigenvalue weighted by Crippen LogP contribution is -2.19. The number of carbonyl (C=O) groups excluding carboxylic acids is 1. The summed E-state index contributed by atoms with van der Waals surface area (Å²) >= 11 is 0. The molecule has 0 saturated carbocycles. The number of para-hydroxylation sites is 1. The molecule has 2 aromatic rings. The van der Waals surface area contributed by atoms with Gasteiger partial charge >= 0.3 is 0 Å². The Bertz CT molecular complexity index is 861. The highest BCUT2D eigenvalue weighted by Crippen LogP contribution is 2.22.